The summed E-state index contributed by atoms with van der Waals surface area (Å²) < 4.78 is 0. The summed E-state index contributed by atoms with van der Waals surface area (Å²) >= 11 is 0. The quantitative estimate of drug-likeness (QED) is 0.414. The number of benzene rings is 1. The third-order valence-electron chi connectivity index (χ3n) is 8.58. The van der Waals surface area contributed by atoms with Gasteiger partial charge in [0.05, 0.1) is 5.60 Å². The van der Waals surface area contributed by atoms with E-state index in [1.54, 1.807) is 18.2 Å². The minimum Gasteiger partial charge on any atom is -0.508 e. The number of nitrogens with one attached hydrogen (secondary N) is 2. The number of nitrogens with zero attached hydrogens (tertiary/aromatic N) is 1. The molecule has 5 rings (SSSR count). The summed E-state index contributed by atoms with van der Waals surface area (Å²) in [5.74, 6) is -1.03. The number of hydrogen-bond donors (Lipinski definition) is 5. The number of nitrogens with two attached hydrogens (primary N) is 1. The number of phenolic OH excluding ortho intramolecular Hbond substituents is 1. The van der Waals surface area contributed by atoms with Crippen LogP contribution in [0.1, 0.15) is 59.4 Å². The number of phenols is 1. The van der Waals surface area contributed by atoms with E-state index in [1.165, 1.54) is 0 Å². The lowest BCUT2D eigenvalue weighted by molar-refractivity contribution is -0.145. The van der Waals surface area contributed by atoms with Gasteiger partial charge in [0.15, 0.2) is 0 Å². The van der Waals surface area contributed by atoms with E-state index in [0.29, 0.717) is 36.9 Å². The zero-order valence-electron chi connectivity index (χ0n) is 20.9. The molecule has 1 aromatic carbocycles. The number of aromatic amines is 1. The first-order valence-electron chi connectivity index (χ1n) is 12.6. The topological polar surface area (TPSA) is 149 Å². The number of likely N-dealkylation sites (N-methyl/N-ethyl adjacent to an activating group) is 1. The highest BCUT2D eigenvalue weighted by Crippen LogP contribution is 2.56. The number of fused-ring (bicyclic) bond motifs is 2. The fourth-order valence-corrected chi connectivity index (χ4v) is 6.78. The Morgan fingerprint density at radius 2 is 2.00 bits per heavy atom. The lowest BCUT2D eigenvalue weighted by Crippen LogP contribution is -2.73. The van der Waals surface area contributed by atoms with Gasteiger partial charge in [-0.1, -0.05) is 19.9 Å². The van der Waals surface area contributed by atoms with E-state index in [0.717, 1.165) is 17.7 Å². The Morgan fingerprint density at radius 3 is 2.69 bits per heavy atom. The molecule has 0 radical (unpaired) electrons. The van der Waals surface area contributed by atoms with Crippen LogP contribution in [0.4, 0.5) is 0 Å². The van der Waals surface area contributed by atoms with Gasteiger partial charge in [0.1, 0.15) is 17.4 Å². The summed E-state index contributed by atoms with van der Waals surface area (Å²) in [6.07, 6.45) is 2.34. The molecule has 9 nitrogen and oxygen atoms in total. The molecule has 1 unspecified atom stereocenters. The average molecular weight is 495 g/mol. The number of piperidine rings is 1. The molecule has 0 saturated carbocycles. The van der Waals surface area contributed by atoms with Crippen molar-refractivity contribution < 1.29 is 19.8 Å². The van der Waals surface area contributed by atoms with E-state index in [9.17, 15) is 24.6 Å². The van der Waals surface area contributed by atoms with E-state index >= 15 is 0 Å². The van der Waals surface area contributed by atoms with E-state index in [1.807, 2.05) is 27.0 Å². The molecule has 6 N–H and O–H groups in total. The monoisotopic (exact) mass is 494 g/mol. The first kappa shape index (κ1) is 24.5. The molecule has 4 atom stereocenters. The molecule has 3 aliphatic rings. The summed E-state index contributed by atoms with van der Waals surface area (Å²) in [5, 5.41) is 25.2. The molecule has 1 saturated heterocycles. The second-order valence-corrected chi connectivity index (χ2v) is 11.2. The first-order chi connectivity index (χ1) is 16.9. The summed E-state index contributed by atoms with van der Waals surface area (Å²) in [6, 6.07) is 5.89. The normalized spacial score (nSPS) is 27.5. The molecule has 2 aliphatic carbocycles. The summed E-state index contributed by atoms with van der Waals surface area (Å²) in [4.78, 5) is 43.0. The summed E-state index contributed by atoms with van der Waals surface area (Å²) in [7, 11) is 2.01. The highest BCUT2D eigenvalue weighted by atomic mass is 16.3. The zero-order valence-corrected chi connectivity index (χ0v) is 20.9. The predicted octanol–water partition coefficient (Wildman–Crippen LogP) is 0.738. The van der Waals surface area contributed by atoms with Crippen molar-refractivity contribution in [1.29, 1.82) is 0 Å². The number of aliphatic hydroxyl groups is 1. The van der Waals surface area contributed by atoms with Gasteiger partial charge >= 0.3 is 0 Å². The van der Waals surface area contributed by atoms with Crippen molar-refractivity contribution in [2.24, 2.45) is 11.7 Å². The van der Waals surface area contributed by atoms with E-state index in [4.69, 9.17) is 5.73 Å². The second-order valence-electron chi connectivity index (χ2n) is 11.2. The number of H-pyrrole nitrogens is 1. The molecule has 0 spiro atoms. The number of hydrogen-bond acceptors (Lipinski definition) is 6. The number of primary amides is 1. The van der Waals surface area contributed by atoms with Crippen molar-refractivity contribution in [3.05, 3.63) is 62.6 Å². The smallest absolute Gasteiger partial charge is 0.261 e. The lowest BCUT2D eigenvalue weighted by atomic mass is 9.49. The summed E-state index contributed by atoms with van der Waals surface area (Å²) in [6.45, 7) is 4.62. The molecule has 1 fully saturated rings. The first-order valence-corrected chi connectivity index (χ1v) is 12.6. The number of aromatic nitrogens is 1. The Balaban J connectivity index is 1.56. The van der Waals surface area contributed by atoms with E-state index < -0.39 is 34.4 Å². The summed E-state index contributed by atoms with van der Waals surface area (Å²) in [5.41, 5.74) is 6.44. The number of aromatic hydroxyl groups is 1. The van der Waals surface area contributed by atoms with Crippen LogP contribution in [0.2, 0.25) is 0 Å². The van der Waals surface area contributed by atoms with Gasteiger partial charge in [-0.25, -0.2) is 0 Å². The van der Waals surface area contributed by atoms with Crippen LogP contribution in [0.3, 0.4) is 0 Å². The Bertz CT molecular complexity index is 1300. The molecule has 2 bridgehead atoms. The second kappa shape index (κ2) is 8.45. The third kappa shape index (κ3) is 3.64. The van der Waals surface area contributed by atoms with Crippen LogP contribution >= 0.6 is 0 Å². The zero-order chi connectivity index (χ0) is 26.0. The molecule has 2 amide bonds. The van der Waals surface area contributed by atoms with Crippen molar-refractivity contribution in [2.75, 3.05) is 13.6 Å². The average Bonchev–Trinajstić information content (AvgIpc) is 2.79. The van der Waals surface area contributed by atoms with Crippen LogP contribution < -0.4 is 16.6 Å². The number of likely N-dealkylation sites (tertiary alicyclic amines) is 1. The lowest BCUT2D eigenvalue weighted by Gasteiger charge is -2.63. The molecule has 9 heteroatoms. The Hall–Kier alpha value is -3.17. The van der Waals surface area contributed by atoms with E-state index in [-0.39, 0.29) is 29.7 Å². The maximum Gasteiger partial charge on any atom is 0.261 e. The van der Waals surface area contributed by atoms with Gasteiger partial charge in [-0.05, 0) is 73.7 Å². The SMILES string of the molecule is CC(C)C[C@H](NC(=O)c1cc2c([nH]c1=O)CC13CCN(C)[C@H](Cc4ccc(O)cc41)[C@]3(O)C2)C(N)=O. The van der Waals surface area contributed by atoms with Gasteiger partial charge in [0.2, 0.25) is 5.91 Å². The van der Waals surface area contributed by atoms with Gasteiger partial charge < -0.3 is 31.1 Å². The van der Waals surface area contributed by atoms with Crippen LogP contribution in [0.25, 0.3) is 0 Å². The van der Waals surface area contributed by atoms with Gasteiger partial charge in [0.25, 0.3) is 11.5 Å². The molecular weight excluding hydrogens is 460 g/mol. The van der Waals surface area contributed by atoms with Crippen LogP contribution in [-0.4, -0.2) is 63.2 Å². The number of carbonyl (C=O) groups excluding carboxylic acids is 2. The molecule has 1 aliphatic heterocycles. The number of amides is 2. The third-order valence-corrected chi connectivity index (χ3v) is 8.58. The van der Waals surface area contributed by atoms with Gasteiger partial charge in [-0.15, -0.1) is 0 Å². The van der Waals surface area contributed by atoms with Crippen molar-refractivity contribution in [2.45, 2.75) is 69.1 Å². The maximum absolute atomic E-state index is 13.0. The molecule has 1 aromatic heterocycles. The minimum atomic E-state index is -1.15. The van der Waals surface area contributed by atoms with Crippen LogP contribution in [0.15, 0.2) is 29.1 Å². The molecule has 2 heterocycles. The fourth-order valence-electron chi connectivity index (χ4n) is 6.78. The highest BCUT2D eigenvalue weighted by molar-refractivity contribution is 5.97. The predicted molar refractivity (Wildman–Crippen MR) is 134 cm³/mol. The minimum absolute atomic E-state index is 0.101. The fraction of sp³-hybridized carbons (Fsp3) is 0.519. The standard InChI is InChI=1S/C27H34N4O5/c1-14(2)8-20(23(28)33)29-24(34)18-9-16-12-27(36)22-10-15-4-5-17(32)11-19(15)26(27,6-7-31(22)3)13-21(16)30-25(18)35/h4-5,9,11,14,20,22,32,36H,6-8,10,12-13H2,1-3H3,(H2,28,33)(H,29,34)(H,30,35)/t20-,22+,26?,27+/m0/s1. The van der Waals surface area contributed by atoms with Crippen molar-refractivity contribution in [3.8, 4) is 5.75 Å². The van der Waals surface area contributed by atoms with Crippen LogP contribution in [0, 0.1) is 5.92 Å². The molecule has 192 valence electrons. The highest BCUT2D eigenvalue weighted by Gasteiger charge is 2.64. The van der Waals surface area contributed by atoms with E-state index in [2.05, 4.69) is 15.2 Å². The van der Waals surface area contributed by atoms with Gasteiger partial charge in [-0.3, -0.25) is 14.4 Å². The van der Waals surface area contributed by atoms with Gasteiger partial charge in [0, 0.05) is 30.0 Å². The Kier molecular flexibility index (Phi) is 5.76. The molecule has 2 aromatic rings. The number of carbonyl (C=O) groups is 2. The van der Waals surface area contributed by atoms with Crippen molar-refractivity contribution >= 4 is 11.8 Å². The molecule has 36 heavy (non-hydrogen) atoms. The Morgan fingerprint density at radius 1 is 1.25 bits per heavy atom. The van der Waals surface area contributed by atoms with Crippen molar-refractivity contribution in [3.63, 3.8) is 0 Å². The molecular formula is C27H34N4O5. The largest absolute Gasteiger partial charge is 0.508 e. The maximum atomic E-state index is 13.0. The van der Waals surface area contributed by atoms with Gasteiger partial charge in [-0.2, -0.15) is 0 Å². The van der Waals surface area contributed by atoms with Crippen molar-refractivity contribution in [1.82, 2.24) is 15.2 Å². The van der Waals surface area contributed by atoms with Crippen LogP contribution in [-0.2, 0) is 29.5 Å². The number of pyridine rings is 1. The van der Waals surface area contributed by atoms with Crippen LogP contribution in [0.5, 0.6) is 5.75 Å². The number of rotatable bonds is 5. The Labute approximate surface area is 209 Å².